The highest BCUT2D eigenvalue weighted by Gasteiger charge is 2.31. The summed E-state index contributed by atoms with van der Waals surface area (Å²) in [7, 11) is 0. The maximum atomic E-state index is 14.8. The van der Waals surface area contributed by atoms with E-state index in [-0.39, 0.29) is 23.9 Å². The molecule has 4 rings (SSSR count). The SMILES string of the molecule is CCCCCOc1ccc2c(c1F)OCc1c-2ccc(C2CC2)c1F. The van der Waals surface area contributed by atoms with Crippen molar-refractivity contribution >= 4 is 0 Å². The van der Waals surface area contributed by atoms with Crippen molar-refractivity contribution in [3.8, 4) is 22.6 Å². The largest absolute Gasteiger partial charge is 0.490 e. The van der Waals surface area contributed by atoms with Gasteiger partial charge in [0.25, 0.3) is 0 Å². The smallest absolute Gasteiger partial charge is 0.207 e. The molecule has 0 radical (unpaired) electrons. The molecule has 1 aliphatic carbocycles. The molecule has 2 aromatic carbocycles. The Morgan fingerprint density at radius 1 is 1.04 bits per heavy atom. The first-order valence-corrected chi connectivity index (χ1v) is 9.10. The van der Waals surface area contributed by atoms with E-state index in [1.54, 1.807) is 12.1 Å². The molecule has 0 N–H and O–H groups in total. The fourth-order valence-corrected chi connectivity index (χ4v) is 3.42. The number of benzene rings is 2. The van der Waals surface area contributed by atoms with Crippen LogP contribution in [0.25, 0.3) is 11.1 Å². The van der Waals surface area contributed by atoms with Gasteiger partial charge in [0.2, 0.25) is 5.82 Å². The lowest BCUT2D eigenvalue weighted by Crippen LogP contribution is -2.11. The van der Waals surface area contributed by atoms with Crippen LogP contribution in [0, 0.1) is 11.6 Å². The maximum absolute atomic E-state index is 14.8. The highest BCUT2D eigenvalue weighted by atomic mass is 19.1. The third-order valence-electron chi connectivity index (χ3n) is 5.01. The van der Waals surface area contributed by atoms with Crippen molar-refractivity contribution in [3.63, 3.8) is 0 Å². The normalized spacial score (nSPS) is 15.3. The molecule has 1 aliphatic heterocycles. The summed E-state index contributed by atoms with van der Waals surface area (Å²) in [6.45, 7) is 2.66. The van der Waals surface area contributed by atoms with Gasteiger partial charge < -0.3 is 9.47 Å². The predicted molar refractivity (Wildman–Crippen MR) is 93.1 cm³/mol. The van der Waals surface area contributed by atoms with Gasteiger partial charge >= 0.3 is 0 Å². The second-order valence-electron chi connectivity index (χ2n) is 6.87. The fourth-order valence-electron chi connectivity index (χ4n) is 3.42. The average Bonchev–Trinajstić information content (AvgIpc) is 3.45. The number of rotatable bonds is 6. The van der Waals surface area contributed by atoms with Crippen molar-refractivity contribution in [1.82, 2.24) is 0 Å². The fraction of sp³-hybridized carbons (Fsp3) is 0.429. The Labute approximate surface area is 146 Å². The summed E-state index contributed by atoms with van der Waals surface area (Å²) in [5.41, 5.74) is 2.62. The summed E-state index contributed by atoms with van der Waals surface area (Å²) in [6.07, 6.45) is 5.12. The second kappa shape index (κ2) is 6.66. The molecule has 0 atom stereocenters. The molecule has 4 heteroatoms. The molecule has 0 aromatic heterocycles. The van der Waals surface area contributed by atoms with Crippen LogP contribution in [-0.2, 0) is 6.61 Å². The molecular weight excluding hydrogens is 322 g/mol. The highest BCUT2D eigenvalue weighted by molar-refractivity contribution is 5.77. The van der Waals surface area contributed by atoms with Crippen LogP contribution >= 0.6 is 0 Å². The number of ether oxygens (including phenoxy) is 2. The molecule has 0 saturated heterocycles. The summed E-state index contributed by atoms with van der Waals surface area (Å²) < 4.78 is 40.6. The van der Waals surface area contributed by atoms with Crippen LogP contribution < -0.4 is 9.47 Å². The van der Waals surface area contributed by atoms with Crippen molar-refractivity contribution < 1.29 is 18.3 Å². The van der Waals surface area contributed by atoms with Gasteiger partial charge in [0, 0.05) is 11.1 Å². The second-order valence-corrected chi connectivity index (χ2v) is 6.87. The quantitative estimate of drug-likeness (QED) is 0.601. The first-order chi connectivity index (χ1) is 12.2. The molecule has 0 bridgehead atoms. The summed E-state index contributed by atoms with van der Waals surface area (Å²) in [5, 5.41) is 0. The summed E-state index contributed by atoms with van der Waals surface area (Å²) >= 11 is 0. The topological polar surface area (TPSA) is 18.5 Å². The summed E-state index contributed by atoms with van der Waals surface area (Å²) in [5.74, 6) is 0.0204. The molecule has 0 amide bonds. The molecule has 1 fully saturated rings. The minimum Gasteiger partial charge on any atom is -0.490 e. The maximum Gasteiger partial charge on any atom is 0.207 e. The van der Waals surface area contributed by atoms with Crippen molar-refractivity contribution in [1.29, 1.82) is 0 Å². The van der Waals surface area contributed by atoms with Gasteiger partial charge in [-0.05, 0) is 48.4 Å². The van der Waals surface area contributed by atoms with E-state index in [9.17, 15) is 8.78 Å². The zero-order chi connectivity index (χ0) is 17.4. The number of hydrogen-bond acceptors (Lipinski definition) is 2. The third kappa shape index (κ3) is 2.99. The van der Waals surface area contributed by atoms with E-state index in [2.05, 4.69) is 6.92 Å². The van der Waals surface area contributed by atoms with E-state index in [1.165, 1.54) is 0 Å². The molecule has 0 unspecified atom stereocenters. The Balaban J connectivity index is 1.64. The third-order valence-corrected chi connectivity index (χ3v) is 5.01. The highest BCUT2D eigenvalue weighted by Crippen LogP contribution is 2.47. The van der Waals surface area contributed by atoms with Gasteiger partial charge in [0.1, 0.15) is 12.4 Å². The molecule has 2 aromatic rings. The standard InChI is InChI=1S/C21H22F2O2/c1-2-3-4-11-24-18-10-9-16-15-8-7-14(13-5-6-13)19(22)17(15)12-25-21(16)20(18)23/h7-10,13H,2-6,11-12H2,1H3. The number of hydrogen-bond donors (Lipinski definition) is 0. The Hall–Kier alpha value is -2.10. The van der Waals surface area contributed by atoms with Gasteiger partial charge in [-0.3, -0.25) is 0 Å². The van der Waals surface area contributed by atoms with Gasteiger partial charge in [0.15, 0.2) is 11.5 Å². The summed E-state index contributed by atoms with van der Waals surface area (Å²) in [6, 6.07) is 7.12. The van der Waals surface area contributed by atoms with E-state index < -0.39 is 5.82 Å². The monoisotopic (exact) mass is 344 g/mol. The van der Waals surface area contributed by atoms with Crippen LogP contribution in [0.3, 0.4) is 0 Å². The van der Waals surface area contributed by atoms with E-state index in [1.807, 2.05) is 12.1 Å². The molecule has 2 aliphatic rings. The van der Waals surface area contributed by atoms with Crippen molar-refractivity contribution in [2.45, 2.75) is 51.6 Å². The molecule has 2 nitrogen and oxygen atoms in total. The van der Waals surface area contributed by atoms with Crippen LogP contribution in [0.4, 0.5) is 8.78 Å². The number of halogens is 2. The molecule has 1 saturated carbocycles. The van der Waals surface area contributed by atoms with Gasteiger partial charge in [-0.1, -0.05) is 31.9 Å². The van der Waals surface area contributed by atoms with Crippen LogP contribution in [0.5, 0.6) is 11.5 Å². The minimum absolute atomic E-state index is 0.0605. The molecule has 132 valence electrons. The zero-order valence-electron chi connectivity index (χ0n) is 14.4. The number of unbranched alkanes of at least 4 members (excludes halogenated alkanes) is 2. The van der Waals surface area contributed by atoms with E-state index >= 15 is 0 Å². The average molecular weight is 344 g/mol. The molecule has 25 heavy (non-hydrogen) atoms. The lowest BCUT2D eigenvalue weighted by Gasteiger charge is -2.23. The summed E-state index contributed by atoms with van der Waals surface area (Å²) in [4.78, 5) is 0. The minimum atomic E-state index is -0.494. The van der Waals surface area contributed by atoms with Crippen LogP contribution in [-0.4, -0.2) is 6.61 Å². The Kier molecular flexibility index (Phi) is 4.36. The van der Waals surface area contributed by atoms with E-state index in [0.717, 1.165) is 43.2 Å². The molecule has 1 heterocycles. The van der Waals surface area contributed by atoms with Crippen LogP contribution in [0.2, 0.25) is 0 Å². The lowest BCUT2D eigenvalue weighted by molar-refractivity contribution is 0.259. The Bertz CT molecular complexity index is 797. The predicted octanol–water partition coefficient (Wildman–Crippen LogP) is 5.97. The van der Waals surface area contributed by atoms with E-state index in [4.69, 9.17) is 9.47 Å². The Morgan fingerprint density at radius 2 is 1.84 bits per heavy atom. The zero-order valence-corrected chi connectivity index (χ0v) is 14.4. The first-order valence-electron chi connectivity index (χ1n) is 9.10. The molecular formula is C21H22F2O2. The number of fused-ring (bicyclic) bond motifs is 3. The van der Waals surface area contributed by atoms with Crippen molar-refractivity contribution in [3.05, 3.63) is 47.0 Å². The van der Waals surface area contributed by atoms with E-state index in [0.29, 0.717) is 23.7 Å². The van der Waals surface area contributed by atoms with Gasteiger partial charge in [-0.15, -0.1) is 0 Å². The Morgan fingerprint density at radius 3 is 2.60 bits per heavy atom. The van der Waals surface area contributed by atoms with Gasteiger partial charge in [-0.2, -0.15) is 4.39 Å². The van der Waals surface area contributed by atoms with Gasteiger partial charge in [0.05, 0.1) is 6.61 Å². The molecule has 0 spiro atoms. The van der Waals surface area contributed by atoms with Crippen LogP contribution in [0.1, 0.15) is 56.1 Å². The van der Waals surface area contributed by atoms with Crippen molar-refractivity contribution in [2.24, 2.45) is 0 Å². The van der Waals surface area contributed by atoms with Crippen LogP contribution in [0.15, 0.2) is 24.3 Å². The van der Waals surface area contributed by atoms with Crippen molar-refractivity contribution in [2.75, 3.05) is 6.61 Å². The lowest BCUT2D eigenvalue weighted by atomic mass is 9.93. The van der Waals surface area contributed by atoms with Gasteiger partial charge in [-0.25, -0.2) is 4.39 Å². The first kappa shape index (κ1) is 16.4.